The molecule has 1 fully saturated rings. The maximum atomic E-state index is 13.7. The van der Waals surface area contributed by atoms with E-state index in [1.165, 1.54) is 6.07 Å². The van der Waals surface area contributed by atoms with Crippen LogP contribution >= 0.6 is 11.6 Å². The molecule has 1 unspecified atom stereocenters. The fourth-order valence-corrected chi connectivity index (χ4v) is 4.09. The monoisotopic (exact) mass is 430 g/mol. The van der Waals surface area contributed by atoms with Crippen LogP contribution in [0.15, 0.2) is 48.5 Å². The summed E-state index contributed by atoms with van der Waals surface area (Å²) in [5, 5.41) is 3.57. The van der Waals surface area contributed by atoms with Crippen LogP contribution < -0.4 is 5.32 Å². The fraction of sp³-hybridized carbons (Fsp3) is 0.417. The Hall–Kier alpha value is -2.40. The van der Waals surface area contributed by atoms with Crippen LogP contribution in [0.25, 0.3) is 0 Å². The summed E-state index contributed by atoms with van der Waals surface area (Å²) in [4.78, 5) is 26.6. The molecule has 0 radical (unpaired) electrons. The van der Waals surface area contributed by atoms with Crippen molar-refractivity contribution in [1.82, 2.24) is 10.2 Å². The van der Waals surface area contributed by atoms with Crippen molar-refractivity contribution in [3.05, 3.63) is 70.5 Å². The SMILES string of the molecule is O=C(CCC1CCCN(C(=O)CCc2ccccc2F)C1)NCc1ccccc1Cl. The molecule has 4 nitrogen and oxygen atoms in total. The average Bonchev–Trinajstić information content (AvgIpc) is 2.76. The maximum Gasteiger partial charge on any atom is 0.222 e. The molecule has 0 saturated carbocycles. The van der Waals surface area contributed by atoms with Crippen LogP contribution in [0.3, 0.4) is 0 Å². The summed E-state index contributed by atoms with van der Waals surface area (Å²) in [7, 11) is 0. The minimum absolute atomic E-state index is 0.00192. The number of amides is 2. The molecule has 160 valence electrons. The first-order valence-corrected chi connectivity index (χ1v) is 10.9. The van der Waals surface area contributed by atoms with E-state index in [2.05, 4.69) is 5.32 Å². The van der Waals surface area contributed by atoms with Crippen LogP contribution in [-0.2, 0) is 22.6 Å². The topological polar surface area (TPSA) is 49.4 Å². The van der Waals surface area contributed by atoms with Crippen LogP contribution in [0.2, 0.25) is 5.02 Å². The van der Waals surface area contributed by atoms with Gasteiger partial charge < -0.3 is 10.2 Å². The smallest absolute Gasteiger partial charge is 0.222 e. The molecule has 3 rings (SSSR count). The number of rotatable bonds is 8. The molecule has 30 heavy (non-hydrogen) atoms. The summed E-state index contributed by atoms with van der Waals surface area (Å²) in [5.74, 6) is 0.121. The van der Waals surface area contributed by atoms with Crippen LogP contribution in [0.4, 0.5) is 4.39 Å². The van der Waals surface area contributed by atoms with E-state index in [0.29, 0.717) is 48.9 Å². The Morgan fingerprint density at radius 1 is 1.07 bits per heavy atom. The van der Waals surface area contributed by atoms with Gasteiger partial charge in [-0.3, -0.25) is 9.59 Å². The largest absolute Gasteiger partial charge is 0.352 e. The molecular weight excluding hydrogens is 403 g/mol. The number of halogens is 2. The van der Waals surface area contributed by atoms with E-state index in [1.54, 1.807) is 18.2 Å². The number of nitrogens with one attached hydrogen (secondary N) is 1. The summed E-state index contributed by atoms with van der Waals surface area (Å²) >= 11 is 6.12. The van der Waals surface area contributed by atoms with Crippen LogP contribution in [0.5, 0.6) is 0 Å². The molecule has 0 aromatic heterocycles. The lowest BCUT2D eigenvalue weighted by Gasteiger charge is -2.33. The molecule has 2 amide bonds. The van der Waals surface area contributed by atoms with E-state index >= 15 is 0 Å². The molecule has 1 saturated heterocycles. The quantitative estimate of drug-likeness (QED) is 0.657. The maximum absolute atomic E-state index is 13.7. The summed E-state index contributed by atoms with van der Waals surface area (Å²) in [5.41, 5.74) is 1.48. The van der Waals surface area contributed by atoms with Crippen molar-refractivity contribution in [2.75, 3.05) is 13.1 Å². The van der Waals surface area contributed by atoms with Crippen LogP contribution in [0, 0.1) is 11.7 Å². The van der Waals surface area contributed by atoms with E-state index in [1.807, 2.05) is 29.2 Å². The number of hydrogen-bond donors (Lipinski definition) is 1. The zero-order chi connectivity index (χ0) is 21.3. The van der Waals surface area contributed by atoms with E-state index in [-0.39, 0.29) is 17.6 Å². The van der Waals surface area contributed by atoms with Gasteiger partial charge in [0.15, 0.2) is 0 Å². The highest BCUT2D eigenvalue weighted by molar-refractivity contribution is 6.31. The zero-order valence-corrected chi connectivity index (χ0v) is 17.8. The molecule has 0 spiro atoms. The Morgan fingerprint density at radius 2 is 1.80 bits per heavy atom. The van der Waals surface area contributed by atoms with Crippen LogP contribution in [-0.4, -0.2) is 29.8 Å². The standard InChI is InChI=1S/C24H28ClFN2O2/c25-21-9-3-1-8-20(21)16-27-23(29)13-11-18-6-5-15-28(17-18)24(30)14-12-19-7-2-4-10-22(19)26/h1-4,7-10,18H,5-6,11-17H2,(H,27,29). The first-order chi connectivity index (χ1) is 14.5. The van der Waals surface area contributed by atoms with Gasteiger partial charge in [0, 0.05) is 37.5 Å². The number of carbonyl (C=O) groups is 2. The Kier molecular flexibility index (Phi) is 8.26. The van der Waals surface area contributed by atoms with E-state index in [0.717, 1.165) is 31.4 Å². The molecule has 1 atom stereocenters. The van der Waals surface area contributed by atoms with Gasteiger partial charge in [-0.15, -0.1) is 0 Å². The number of hydrogen-bond acceptors (Lipinski definition) is 2. The molecule has 2 aromatic carbocycles. The van der Waals surface area contributed by atoms with E-state index in [4.69, 9.17) is 11.6 Å². The predicted octanol–water partition coefficient (Wildman–Crippen LogP) is 4.75. The Balaban J connectivity index is 1.40. The van der Waals surface area contributed by atoms with Gasteiger partial charge in [-0.2, -0.15) is 0 Å². The van der Waals surface area contributed by atoms with Crippen LogP contribution in [0.1, 0.15) is 43.2 Å². The lowest BCUT2D eigenvalue weighted by atomic mass is 9.93. The Bertz CT molecular complexity index is 874. The molecule has 0 bridgehead atoms. The lowest BCUT2D eigenvalue weighted by molar-refractivity contribution is -0.133. The molecule has 6 heteroatoms. The highest BCUT2D eigenvalue weighted by Gasteiger charge is 2.24. The number of benzene rings is 2. The summed E-state index contributed by atoms with van der Waals surface area (Å²) in [6.07, 6.45) is 3.88. The van der Waals surface area contributed by atoms with Crippen molar-refractivity contribution in [2.45, 2.75) is 45.1 Å². The first kappa shape index (κ1) is 22.3. The highest BCUT2D eigenvalue weighted by Crippen LogP contribution is 2.22. The Morgan fingerprint density at radius 3 is 2.57 bits per heavy atom. The number of nitrogens with zero attached hydrogens (tertiary/aromatic N) is 1. The fourth-order valence-electron chi connectivity index (χ4n) is 3.89. The normalized spacial score (nSPS) is 16.3. The van der Waals surface area contributed by atoms with Gasteiger partial charge >= 0.3 is 0 Å². The number of carbonyl (C=O) groups excluding carboxylic acids is 2. The molecular formula is C24H28ClFN2O2. The van der Waals surface area contributed by atoms with Crippen molar-refractivity contribution in [1.29, 1.82) is 0 Å². The van der Waals surface area contributed by atoms with Gasteiger partial charge in [0.1, 0.15) is 5.82 Å². The van der Waals surface area contributed by atoms with Gasteiger partial charge in [-0.1, -0.05) is 48.0 Å². The van der Waals surface area contributed by atoms with Crippen molar-refractivity contribution in [3.8, 4) is 0 Å². The minimum atomic E-state index is -0.260. The predicted molar refractivity (Wildman–Crippen MR) is 117 cm³/mol. The highest BCUT2D eigenvalue weighted by atomic mass is 35.5. The summed E-state index contributed by atoms with van der Waals surface area (Å²) < 4.78 is 13.7. The van der Waals surface area contributed by atoms with Crippen molar-refractivity contribution < 1.29 is 14.0 Å². The molecule has 1 aliphatic rings. The number of likely N-dealkylation sites (tertiary alicyclic amines) is 1. The molecule has 1 heterocycles. The lowest BCUT2D eigenvalue weighted by Crippen LogP contribution is -2.40. The third-order valence-electron chi connectivity index (χ3n) is 5.65. The second kappa shape index (κ2) is 11.1. The van der Waals surface area contributed by atoms with Crippen molar-refractivity contribution in [2.24, 2.45) is 5.92 Å². The Labute approximate surface area is 182 Å². The summed E-state index contributed by atoms with van der Waals surface area (Å²) in [6.45, 7) is 1.84. The van der Waals surface area contributed by atoms with Gasteiger partial charge in [-0.05, 0) is 54.9 Å². The van der Waals surface area contributed by atoms with Crippen molar-refractivity contribution in [3.63, 3.8) is 0 Å². The summed E-state index contributed by atoms with van der Waals surface area (Å²) in [6, 6.07) is 14.1. The van der Waals surface area contributed by atoms with Gasteiger partial charge in [0.25, 0.3) is 0 Å². The van der Waals surface area contributed by atoms with Gasteiger partial charge in [-0.25, -0.2) is 4.39 Å². The molecule has 1 aliphatic heterocycles. The molecule has 0 aliphatic carbocycles. The molecule has 1 N–H and O–H groups in total. The molecule has 2 aromatic rings. The van der Waals surface area contributed by atoms with E-state index in [9.17, 15) is 14.0 Å². The average molecular weight is 431 g/mol. The first-order valence-electron chi connectivity index (χ1n) is 10.5. The van der Waals surface area contributed by atoms with E-state index < -0.39 is 0 Å². The zero-order valence-electron chi connectivity index (χ0n) is 17.1. The van der Waals surface area contributed by atoms with Gasteiger partial charge in [0.05, 0.1) is 0 Å². The van der Waals surface area contributed by atoms with Crippen molar-refractivity contribution >= 4 is 23.4 Å². The third kappa shape index (κ3) is 6.56. The number of piperidine rings is 1. The van der Waals surface area contributed by atoms with Gasteiger partial charge in [0.2, 0.25) is 11.8 Å². The third-order valence-corrected chi connectivity index (χ3v) is 6.02. The second-order valence-electron chi connectivity index (χ2n) is 7.85. The minimum Gasteiger partial charge on any atom is -0.352 e. The number of aryl methyl sites for hydroxylation is 1. The second-order valence-corrected chi connectivity index (χ2v) is 8.25.